The van der Waals surface area contributed by atoms with Gasteiger partial charge in [-0.1, -0.05) is 24.3 Å². The molecule has 0 heterocycles. The highest BCUT2D eigenvalue weighted by molar-refractivity contribution is 7.90. The van der Waals surface area contributed by atoms with Crippen molar-refractivity contribution >= 4 is 9.84 Å². The Kier molecular flexibility index (Phi) is 3.02. The summed E-state index contributed by atoms with van der Waals surface area (Å²) in [5.41, 5.74) is 2.37. The molecule has 0 aliphatic rings. The normalized spacial score (nSPS) is 11.9. The first kappa shape index (κ1) is 13.7. The molecule has 0 amide bonds. The highest BCUT2D eigenvalue weighted by Gasteiger charge is 2.25. The molecule has 0 spiro atoms. The fourth-order valence-corrected chi connectivity index (χ4v) is 2.84. The fourth-order valence-electron chi connectivity index (χ4n) is 2.21. The number of hydrogen-bond acceptors (Lipinski definition) is 3. The summed E-state index contributed by atoms with van der Waals surface area (Å²) in [6.45, 7) is 0. The third-order valence-corrected chi connectivity index (χ3v) is 4.47. The van der Waals surface area contributed by atoms with Crippen molar-refractivity contribution in [1.82, 2.24) is 0 Å². The molecule has 0 bridgehead atoms. The molecule has 3 rings (SSSR count). The summed E-state index contributed by atoms with van der Waals surface area (Å²) in [7, 11) is -3.25. The van der Waals surface area contributed by atoms with E-state index in [1.54, 1.807) is 24.3 Å². The highest BCUT2D eigenvalue weighted by atomic mass is 32.2. The molecule has 0 saturated carbocycles. The second-order valence-electron chi connectivity index (χ2n) is 4.88. The van der Waals surface area contributed by atoms with Gasteiger partial charge in [-0.15, -0.1) is 0 Å². The molecule has 0 fully saturated rings. The van der Waals surface area contributed by atoms with Crippen LogP contribution >= 0.6 is 0 Å². The van der Waals surface area contributed by atoms with Crippen LogP contribution in [0.3, 0.4) is 0 Å². The van der Waals surface area contributed by atoms with E-state index in [0.717, 1.165) is 6.26 Å². The quantitative estimate of drug-likeness (QED) is 0.747. The number of halogens is 1. The minimum absolute atomic E-state index is 0.0892. The van der Waals surface area contributed by atoms with Crippen LogP contribution in [-0.4, -0.2) is 14.7 Å². The Morgan fingerprint density at radius 1 is 0.810 bits per heavy atom. The van der Waals surface area contributed by atoms with Gasteiger partial charge in [-0.3, -0.25) is 4.79 Å². The molecule has 0 saturated heterocycles. The Morgan fingerprint density at radius 3 is 1.67 bits per heavy atom. The minimum atomic E-state index is -3.25. The predicted molar refractivity (Wildman–Crippen MR) is 79.0 cm³/mol. The Balaban J connectivity index is 1.97. The molecule has 21 heavy (non-hydrogen) atoms. The maximum atomic E-state index is 12.9. The van der Waals surface area contributed by atoms with Crippen LogP contribution in [0.4, 0.5) is 4.39 Å². The van der Waals surface area contributed by atoms with E-state index in [2.05, 4.69) is 0 Å². The zero-order valence-electron chi connectivity index (χ0n) is 11.1. The van der Waals surface area contributed by atoms with Crippen LogP contribution in [0.1, 0.15) is 0 Å². The van der Waals surface area contributed by atoms with Crippen LogP contribution in [0, 0.1) is 5.82 Å². The van der Waals surface area contributed by atoms with Gasteiger partial charge in [-0.25, -0.2) is 12.8 Å². The van der Waals surface area contributed by atoms with Crippen molar-refractivity contribution < 1.29 is 12.8 Å². The molecular formula is C16H11FO3S. The molecule has 0 atom stereocenters. The molecule has 0 unspecified atom stereocenters. The molecule has 106 valence electrons. The molecule has 0 aliphatic carbocycles. The van der Waals surface area contributed by atoms with Gasteiger partial charge in [0.1, 0.15) is 5.82 Å². The second kappa shape index (κ2) is 4.63. The van der Waals surface area contributed by atoms with Gasteiger partial charge in [0.25, 0.3) is 0 Å². The van der Waals surface area contributed by atoms with E-state index in [9.17, 15) is 17.6 Å². The van der Waals surface area contributed by atoms with Crippen molar-refractivity contribution in [1.29, 1.82) is 0 Å². The lowest BCUT2D eigenvalue weighted by atomic mass is 10.1. The molecule has 3 aromatic carbocycles. The first-order valence-electron chi connectivity index (χ1n) is 6.23. The van der Waals surface area contributed by atoms with E-state index in [4.69, 9.17) is 0 Å². The first-order valence-corrected chi connectivity index (χ1v) is 8.12. The topological polar surface area (TPSA) is 51.2 Å². The van der Waals surface area contributed by atoms with Gasteiger partial charge >= 0.3 is 0 Å². The second-order valence-corrected chi connectivity index (χ2v) is 6.90. The standard InChI is InChI=1S/C16H11FO3S/c1-21(19,20)13-8-4-11(5-9-13)15-14(16(15)18)10-2-6-12(17)7-3-10/h2-9H,1H3. The summed E-state index contributed by atoms with van der Waals surface area (Å²) in [5.74, 6) is -0.355. The molecule has 3 aromatic rings. The predicted octanol–water partition coefficient (Wildman–Crippen LogP) is 2.80. The average molecular weight is 302 g/mol. The Labute approximate surface area is 121 Å². The van der Waals surface area contributed by atoms with E-state index >= 15 is 0 Å². The smallest absolute Gasteiger partial charge is 0.195 e. The van der Waals surface area contributed by atoms with Crippen LogP contribution in [0.25, 0.3) is 22.3 Å². The molecule has 0 N–H and O–H groups in total. The van der Waals surface area contributed by atoms with Gasteiger partial charge in [0, 0.05) is 17.4 Å². The Morgan fingerprint density at radius 2 is 1.24 bits per heavy atom. The van der Waals surface area contributed by atoms with Gasteiger partial charge in [0.2, 0.25) is 0 Å². The summed E-state index contributed by atoms with van der Waals surface area (Å²) in [5, 5.41) is 0. The lowest BCUT2D eigenvalue weighted by molar-refractivity contribution is 0.602. The van der Waals surface area contributed by atoms with Gasteiger partial charge in [0.15, 0.2) is 15.3 Å². The van der Waals surface area contributed by atoms with Crippen LogP contribution < -0.4 is 5.43 Å². The van der Waals surface area contributed by atoms with E-state index in [-0.39, 0.29) is 16.1 Å². The first-order chi connectivity index (χ1) is 9.88. The summed E-state index contributed by atoms with van der Waals surface area (Å²) in [4.78, 5) is 12.1. The molecule has 0 aliphatic heterocycles. The summed E-state index contributed by atoms with van der Waals surface area (Å²) in [6.07, 6.45) is 1.13. The number of rotatable bonds is 3. The van der Waals surface area contributed by atoms with E-state index in [1.165, 1.54) is 24.3 Å². The molecule has 5 heteroatoms. The van der Waals surface area contributed by atoms with Crippen molar-refractivity contribution in [2.75, 3.05) is 6.26 Å². The van der Waals surface area contributed by atoms with E-state index in [1.807, 2.05) is 0 Å². The van der Waals surface area contributed by atoms with Gasteiger partial charge in [0.05, 0.1) is 4.90 Å². The Bertz CT molecular complexity index is 913. The third kappa shape index (κ3) is 2.52. The molecule has 3 nitrogen and oxygen atoms in total. The number of sulfone groups is 1. The number of benzene rings is 2. The zero-order valence-corrected chi connectivity index (χ0v) is 11.9. The van der Waals surface area contributed by atoms with Crippen LogP contribution in [0.2, 0.25) is 0 Å². The zero-order chi connectivity index (χ0) is 15.2. The lowest BCUT2D eigenvalue weighted by Crippen LogP contribution is -1.95. The van der Waals surface area contributed by atoms with Crippen molar-refractivity contribution in [3.05, 3.63) is 64.6 Å². The monoisotopic (exact) mass is 302 g/mol. The SMILES string of the molecule is CS(=O)(=O)c1ccc(-c2c(-c3ccc(F)cc3)c2=O)cc1. The van der Waals surface area contributed by atoms with Crippen molar-refractivity contribution in [3.8, 4) is 22.3 Å². The minimum Gasteiger partial charge on any atom is -0.289 e. The molecule has 0 aromatic heterocycles. The van der Waals surface area contributed by atoms with Crippen molar-refractivity contribution in [2.45, 2.75) is 4.90 Å². The number of hydrogen-bond donors (Lipinski definition) is 0. The maximum Gasteiger partial charge on any atom is 0.195 e. The summed E-state index contributed by atoms with van der Waals surface area (Å²) < 4.78 is 35.7. The average Bonchev–Trinajstić information content (AvgIpc) is 3.10. The fraction of sp³-hybridized carbons (Fsp3) is 0.0625. The largest absolute Gasteiger partial charge is 0.289 e. The van der Waals surface area contributed by atoms with Crippen LogP contribution in [-0.2, 0) is 9.84 Å². The Hall–Kier alpha value is -2.27. The van der Waals surface area contributed by atoms with Crippen LogP contribution in [0.15, 0.2) is 58.2 Å². The third-order valence-electron chi connectivity index (χ3n) is 3.35. The molecular weight excluding hydrogens is 291 g/mol. The van der Waals surface area contributed by atoms with E-state index in [0.29, 0.717) is 22.3 Å². The van der Waals surface area contributed by atoms with Gasteiger partial charge in [-0.2, -0.15) is 0 Å². The maximum absolute atomic E-state index is 12.9. The van der Waals surface area contributed by atoms with Gasteiger partial charge < -0.3 is 0 Å². The summed E-state index contributed by atoms with van der Waals surface area (Å²) >= 11 is 0. The molecule has 0 radical (unpaired) electrons. The summed E-state index contributed by atoms with van der Waals surface area (Å²) in [6, 6.07) is 11.9. The lowest BCUT2D eigenvalue weighted by Gasteiger charge is -1.99. The van der Waals surface area contributed by atoms with Crippen LogP contribution in [0.5, 0.6) is 0 Å². The highest BCUT2D eigenvalue weighted by Crippen LogP contribution is 2.34. The van der Waals surface area contributed by atoms with Crippen molar-refractivity contribution in [2.24, 2.45) is 0 Å². The van der Waals surface area contributed by atoms with E-state index < -0.39 is 9.84 Å². The van der Waals surface area contributed by atoms with Crippen molar-refractivity contribution in [3.63, 3.8) is 0 Å². The van der Waals surface area contributed by atoms with Gasteiger partial charge in [-0.05, 0) is 35.4 Å².